The van der Waals surface area contributed by atoms with Gasteiger partial charge in [-0.25, -0.2) is 4.98 Å². The van der Waals surface area contributed by atoms with Crippen LogP contribution in [0, 0.1) is 10.1 Å². The number of non-ortho nitro benzene ring substituents is 1. The molecule has 3 aromatic rings. The molecule has 9 heteroatoms. The number of thiazole rings is 1. The van der Waals surface area contributed by atoms with E-state index in [1.54, 1.807) is 18.3 Å². The largest absolute Gasteiger partial charge is 0.368 e. The number of aromatic nitrogens is 1. The summed E-state index contributed by atoms with van der Waals surface area (Å²) in [5.74, 6) is 0. The van der Waals surface area contributed by atoms with Gasteiger partial charge in [-0.05, 0) is 25.2 Å². The predicted octanol–water partition coefficient (Wildman–Crippen LogP) is 3.40. The van der Waals surface area contributed by atoms with Crippen LogP contribution in [0.15, 0.2) is 47.6 Å². The molecule has 1 aliphatic rings. The zero-order valence-electron chi connectivity index (χ0n) is 15.4. The van der Waals surface area contributed by atoms with E-state index in [1.165, 1.54) is 11.3 Å². The van der Waals surface area contributed by atoms with Gasteiger partial charge < -0.3 is 9.80 Å². The first-order chi connectivity index (χ1) is 13.6. The first-order valence-corrected chi connectivity index (χ1v) is 9.78. The van der Waals surface area contributed by atoms with Crippen LogP contribution in [0.3, 0.4) is 0 Å². The first-order valence-electron chi connectivity index (χ1n) is 8.97. The highest BCUT2D eigenvalue weighted by Crippen LogP contribution is 2.27. The number of fused-ring (bicyclic) bond motifs is 1. The monoisotopic (exact) mass is 396 g/mol. The maximum absolute atomic E-state index is 11.2. The molecule has 1 N–H and O–H groups in total. The van der Waals surface area contributed by atoms with Gasteiger partial charge in [-0.2, -0.15) is 5.10 Å². The van der Waals surface area contributed by atoms with Crippen molar-refractivity contribution in [1.29, 1.82) is 0 Å². The lowest BCUT2D eigenvalue weighted by atomic mass is 10.1. The highest BCUT2D eigenvalue weighted by molar-refractivity contribution is 7.22. The summed E-state index contributed by atoms with van der Waals surface area (Å²) < 4.78 is 1.08. The van der Waals surface area contributed by atoms with E-state index in [0.29, 0.717) is 10.7 Å². The smallest absolute Gasteiger partial charge is 0.270 e. The van der Waals surface area contributed by atoms with Crippen LogP contribution in [-0.2, 0) is 0 Å². The van der Waals surface area contributed by atoms with E-state index in [9.17, 15) is 10.1 Å². The lowest BCUT2D eigenvalue weighted by molar-refractivity contribution is -0.384. The SMILES string of the molecule is CN1CCN(c2ccc([N+](=O)[O-])cc2/C=N\Nc2nc3ccccc3s2)CC1. The Bertz CT molecular complexity index is 993. The molecule has 0 amide bonds. The van der Waals surface area contributed by atoms with Crippen LogP contribution in [0.1, 0.15) is 5.56 Å². The maximum Gasteiger partial charge on any atom is 0.270 e. The normalized spacial score (nSPS) is 15.4. The molecule has 0 bridgehead atoms. The van der Waals surface area contributed by atoms with E-state index >= 15 is 0 Å². The minimum Gasteiger partial charge on any atom is -0.368 e. The van der Waals surface area contributed by atoms with Crippen LogP contribution in [0.4, 0.5) is 16.5 Å². The number of hydrogen-bond acceptors (Lipinski definition) is 8. The number of benzene rings is 2. The minimum atomic E-state index is -0.383. The van der Waals surface area contributed by atoms with Crippen LogP contribution in [-0.4, -0.2) is 54.2 Å². The van der Waals surface area contributed by atoms with Crippen molar-refractivity contribution in [2.24, 2.45) is 5.10 Å². The van der Waals surface area contributed by atoms with Gasteiger partial charge >= 0.3 is 0 Å². The second-order valence-corrected chi connectivity index (χ2v) is 7.68. The third-order valence-corrected chi connectivity index (χ3v) is 5.66. The molecular formula is C19H20N6O2S. The Kier molecular flexibility index (Phi) is 5.18. The Morgan fingerprint density at radius 2 is 2.00 bits per heavy atom. The molecule has 8 nitrogen and oxygen atoms in total. The zero-order chi connectivity index (χ0) is 19.5. The van der Waals surface area contributed by atoms with Gasteiger partial charge in [0.1, 0.15) is 0 Å². The lowest BCUT2D eigenvalue weighted by Gasteiger charge is -2.34. The van der Waals surface area contributed by atoms with E-state index < -0.39 is 0 Å². The lowest BCUT2D eigenvalue weighted by Crippen LogP contribution is -2.44. The fourth-order valence-electron chi connectivity index (χ4n) is 3.17. The number of likely N-dealkylation sites (N-methyl/N-ethyl adjacent to an activating group) is 1. The van der Waals surface area contributed by atoms with Crippen molar-refractivity contribution in [3.63, 3.8) is 0 Å². The number of hydrazone groups is 1. The van der Waals surface area contributed by atoms with Crippen molar-refractivity contribution < 1.29 is 4.92 Å². The molecule has 0 spiro atoms. The van der Waals surface area contributed by atoms with Crippen molar-refractivity contribution in [3.05, 3.63) is 58.1 Å². The average Bonchev–Trinajstić information content (AvgIpc) is 3.11. The van der Waals surface area contributed by atoms with Gasteiger partial charge in [0.2, 0.25) is 5.13 Å². The Labute approximate surface area is 166 Å². The number of nitro benzene ring substituents is 1. The highest BCUT2D eigenvalue weighted by Gasteiger charge is 2.18. The molecule has 1 aliphatic heterocycles. The van der Waals surface area contributed by atoms with Crippen molar-refractivity contribution in [2.75, 3.05) is 43.6 Å². The Morgan fingerprint density at radius 3 is 2.75 bits per heavy atom. The summed E-state index contributed by atoms with van der Waals surface area (Å²) in [5.41, 5.74) is 5.59. The van der Waals surface area contributed by atoms with E-state index in [-0.39, 0.29) is 10.6 Å². The Balaban J connectivity index is 1.58. The number of rotatable bonds is 5. The molecule has 0 radical (unpaired) electrons. The van der Waals surface area contributed by atoms with Crippen molar-refractivity contribution in [2.45, 2.75) is 0 Å². The first kappa shape index (κ1) is 18.3. The summed E-state index contributed by atoms with van der Waals surface area (Å²) in [6.07, 6.45) is 1.63. The predicted molar refractivity (Wildman–Crippen MR) is 114 cm³/mol. The summed E-state index contributed by atoms with van der Waals surface area (Å²) >= 11 is 1.51. The number of piperazine rings is 1. The van der Waals surface area contributed by atoms with E-state index in [1.807, 2.05) is 30.3 Å². The molecule has 1 aromatic heterocycles. The number of para-hydroxylation sites is 1. The third kappa shape index (κ3) is 3.95. The second-order valence-electron chi connectivity index (χ2n) is 6.65. The Hall–Kier alpha value is -3.04. The van der Waals surface area contributed by atoms with Crippen LogP contribution in [0.25, 0.3) is 10.2 Å². The molecule has 1 saturated heterocycles. The van der Waals surface area contributed by atoms with Crippen molar-refractivity contribution >= 4 is 44.3 Å². The number of nitrogens with zero attached hydrogens (tertiary/aromatic N) is 5. The maximum atomic E-state index is 11.2. The number of nitrogens with one attached hydrogen (secondary N) is 1. The molecule has 0 unspecified atom stereocenters. The van der Waals surface area contributed by atoms with E-state index in [4.69, 9.17) is 0 Å². The number of anilines is 2. The summed E-state index contributed by atoms with van der Waals surface area (Å²) in [6, 6.07) is 12.8. The van der Waals surface area contributed by atoms with Gasteiger partial charge in [-0.3, -0.25) is 15.5 Å². The van der Waals surface area contributed by atoms with Crippen LogP contribution < -0.4 is 10.3 Å². The van der Waals surface area contributed by atoms with Gasteiger partial charge in [0.15, 0.2) is 0 Å². The summed E-state index contributed by atoms with van der Waals surface area (Å²) in [7, 11) is 2.09. The van der Waals surface area contributed by atoms with Gasteiger partial charge in [-0.1, -0.05) is 23.5 Å². The summed E-state index contributed by atoms with van der Waals surface area (Å²) in [5, 5.41) is 16.2. The topological polar surface area (TPSA) is 86.9 Å². The average molecular weight is 396 g/mol. The number of nitro groups is 1. The third-order valence-electron chi connectivity index (χ3n) is 4.72. The van der Waals surface area contributed by atoms with Gasteiger partial charge in [0, 0.05) is 49.6 Å². The van der Waals surface area contributed by atoms with E-state index in [0.717, 1.165) is 42.1 Å². The molecule has 28 heavy (non-hydrogen) atoms. The summed E-state index contributed by atoms with van der Waals surface area (Å²) in [6.45, 7) is 3.66. The minimum absolute atomic E-state index is 0.0549. The molecule has 1 fully saturated rings. The van der Waals surface area contributed by atoms with Crippen LogP contribution >= 0.6 is 11.3 Å². The molecule has 2 aromatic carbocycles. The standard InChI is InChI=1S/C19H20N6O2S/c1-23-8-10-24(11-9-23)17-7-6-15(25(26)27)12-14(17)13-20-22-19-21-16-4-2-3-5-18(16)28-19/h2-7,12-13H,8-11H2,1H3,(H,21,22)/b20-13-. The molecular weight excluding hydrogens is 376 g/mol. The van der Waals surface area contributed by atoms with Gasteiger partial charge in [0.25, 0.3) is 5.69 Å². The molecule has 144 valence electrons. The fraction of sp³-hybridized carbons (Fsp3) is 0.263. The molecule has 2 heterocycles. The zero-order valence-corrected chi connectivity index (χ0v) is 16.2. The Morgan fingerprint density at radius 1 is 1.21 bits per heavy atom. The fourth-order valence-corrected chi connectivity index (χ4v) is 3.99. The van der Waals surface area contributed by atoms with E-state index in [2.05, 4.69) is 32.4 Å². The molecule has 4 rings (SSSR count). The second kappa shape index (κ2) is 7.91. The number of hydrogen-bond donors (Lipinski definition) is 1. The molecule has 0 aliphatic carbocycles. The van der Waals surface area contributed by atoms with Crippen molar-refractivity contribution in [3.8, 4) is 0 Å². The molecule has 0 saturated carbocycles. The highest BCUT2D eigenvalue weighted by atomic mass is 32.1. The van der Waals surface area contributed by atoms with Crippen LogP contribution in [0.5, 0.6) is 0 Å². The molecule has 0 atom stereocenters. The van der Waals surface area contributed by atoms with Crippen molar-refractivity contribution in [1.82, 2.24) is 9.88 Å². The van der Waals surface area contributed by atoms with Crippen LogP contribution in [0.2, 0.25) is 0 Å². The quantitative estimate of drug-likeness (QED) is 0.404. The van der Waals surface area contributed by atoms with Gasteiger partial charge in [-0.15, -0.1) is 0 Å². The summed E-state index contributed by atoms with van der Waals surface area (Å²) in [4.78, 5) is 19.8. The van der Waals surface area contributed by atoms with Gasteiger partial charge in [0.05, 0.1) is 21.4 Å².